The summed E-state index contributed by atoms with van der Waals surface area (Å²) < 4.78 is 34.2. The maximum atomic E-state index is 16.1. The van der Waals surface area contributed by atoms with E-state index in [0.717, 1.165) is 14.5 Å². The zero-order chi connectivity index (χ0) is 22.1. The summed E-state index contributed by atoms with van der Waals surface area (Å²) in [5, 5.41) is 0. The van der Waals surface area contributed by atoms with Crippen LogP contribution in [0.5, 0.6) is 0 Å². The zero-order valence-electron chi connectivity index (χ0n) is 17.9. The maximum Gasteiger partial charge on any atom is 0.737 e. The van der Waals surface area contributed by atoms with E-state index in [-0.39, 0.29) is 23.0 Å². The van der Waals surface area contributed by atoms with Crippen molar-refractivity contribution in [1.29, 1.82) is 0 Å². The van der Waals surface area contributed by atoms with Crippen molar-refractivity contribution < 1.29 is 22.7 Å². The zero-order valence-corrected chi connectivity index (χ0v) is 17.9. The first kappa shape index (κ1) is 20.2. The lowest BCUT2D eigenvalue weighted by Crippen LogP contribution is -2.51. The lowest BCUT2D eigenvalue weighted by molar-refractivity contribution is -0.363. The Morgan fingerprint density at radius 1 is 0.967 bits per heavy atom. The SMILES string of the molecule is CC(=O)C1=C(C)C2=C(c3ccccc3)c3c(C)c(C(C)=O)c(C)n3[B-](F)(F)[N+]2=C1C. The highest BCUT2D eigenvalue weighted by atomic mass is 19.2. The Kier molecular flexibility index (Phi) is 4.35. The first-order valence-corrected chi connectivity index (χ1v) is 9.92. The number of nitrogens with zero attached hydrogens (tertiary/aromatic N) is 2. The van der Waals surface area contributed by atoms with Crippen molar-refractivity contribution in [1.82, 2.24) is 4.48 Å². The third kappa shape index (κ3) is 2.41. The molecule has 3 heterocycles. The van der Waals surface area contributed by atoms with E-state index in [0.29, 0.717) is 39.2 Å². The lowest BCUT2D eigenvalue weighted by atomic mass is 9.83. The largest absolute Gasteiger partial charge is 0.737 e. The minimum absolute atomic E-state index is 0.242. The fourth-order valence-electron chi connectivity index (χ4n) is 5.25. The average Bonchev–Trinajstić information content (AvgIpc) is 3.08. The molecule has 0 amide bonds. The molecule has 30 heavy (non-hydrogen) atoms. The fraction of sp³-hybridized carbons (Fsp3) is 0.261. The summed E-state index contributed by atoms with van der Waals surface area (Å²) in [5.74, 6) is -0.484. The van der Waals surface area contributed by atoms with Gasteiger partial charge in [-0.1, -0.05) is 30.3 Å². The molecular formula is C23H23BF2N2O2. The molecule has 0 spiro atoms. The van der Waals surface area contributed by atoms with Crippen LogP contribution in [0.25, 0.3) is 5.57 Å². The van der Waals surface area contributed by atoms with Gasteiger partial charge in [0.2, 0.25) is 0 Å². The molecule has 0 atom stereocenters. The van der Waals surface area contributed by atoms with Crippen LogP contribution < -0.4 is 0 Å². The first-order chi connectivity index (χ1) is 14.0. The predicted molar refractivity (Wildman–Crippen MR) is 114 cm³/mol. The number of rotatable bonds is 3. The van der Waals surface area contributed by atoms with Crippen LogP contribution in [0.1, 0.15) is 60.6 Å². The standard InChI is InChI=1S/C23H23BF2N2O2/c1-12-19(16(5)29)14(3)27-22(12)21(18-10-8-7-9-11-18)23-13(2)20(17(6)30)15(4)28(23)24(27,25)26/h7-11H,1-6H3. The van der Waals surface area contributed by atoms with Crippen molar-refractivity contribution in [2.75, 3.05) is 0 Å². The van der Waals surface area contributed by atoms with Crippen LogP contribution in [0, 0.1) is 13.8 Å². The van der Waals surface area contributed by atoms with Crippen molar-refractivity contribution in [2.45, 2.75) is 41.5 Å². The van der Waals surface area contributed by atoms with Gasteiger partial charge in [0.15, 0.2) is 17.3 Å². The average molecular weight is 408 g/mol. The Bertz CT molecular complexity index is 1250. The van der Waals surface area contributed by atoms with Crippen LogP contribution in [0.3, 0.4) is 0 Å². The van der Waals surface area contributed by atoms with E-state index < -0.39 is 6.97 Å². The summed E-state index contributed by atoms with van der Waals surface area (Å²) in [5.41, 5.74) is 4.28. The van der Waals surface area contributed by atoms with Crippen LogP contribution in [0.2, 0.25) is 0 Å². The summed E-state index contributed by atoms with van der Waals surface area (Å²) >= 11 is 0. The monoisotopic (exact) mass is 408 g/mol. The normalized spacial score (nSPS) is 17.5. The van der Waals surface area contributed by atoms with Gasteiger partial charge in [0, 0.05) is 23.8 Å². The molecule has 1 aromatic carbocycles. The van der Waals surface area contributed by atoms with Crippen LogP contribution >= 0.6 is 0 Å². The highest BCUT2D eigenvalue weighted by molar-refractivity contribution is 6.59. The van der Waals surface area contributed by atoms with E-state index in [9.17, 15) is 9.59 Å². The van der Waals surface area contributed by atoms with Crippen molar-refractivity contribution in [3.05, 3.63) is 75.3 Å². The van der Waals surface area contributed by atoms with Crippen molar-refractivity contribution in [2.24, 2.45) is 0 Å². The third-order valence-electron chi connectivity index (χ3n) is 6.25. The van der Waals surface area contributed by atoms with Crippen LogP contribution in [-0.2, 0) is 4.79 Å². The number of halogens is 2. The molecular weight excluding hydrogens is 385 g/mol. The van der Waals surface area contributed by atoms with Crippen LogP contribution in [-0.4, -0.2) is 33.2 Å². The molecule has 1 aromatic heterocycles. The number of fused-ring (bicyclic) bond motifs is 2. The second-order valence-corrected chi connectivity index (χ2v) is 8.05. The molecule has 0 radical (unpaired) electrons. The number of hydrogen-bond donors (Lipinski definition) is 0. The predicted octanol–water partition coefficient (Wildman–Crippen LogP) is 4.70. The molecule has 0 bridgehead atoms. The second kappa shape index (κ2) is 6.46. The number of allylic oxidation sites excluding steroid dienone is 2. The summed E-state index contributed by atoms with van der Waals surface area (Å²) in [6.45, 7) is 5.08. The maximum absolute atomic E-state index is 16.1. The third-order valence-corrected chi connectivity index (χ3v) is 6.25. The number of ketones is 2. The molecule has 4 nitrogen and oxygen atoms in total. The highest BCUT2D eigenvalue weighted by Gasteiger charge is 2.57. The van der Waals surface area contributed by atoms with E-state index in [1.165, 1.54) is 13.8 Å². The number of Topliss-reactive ketones (excluding diaryl/α,β-unsaturated/α-hetero) is 2. The van der Waals surface area contributed by atoms with Crippen molar-refractivity contribution in [3.8, 4) is 0 Å². The molecule has 0 saturated carbocycles. The molecule has 154 valence electrons. The van der Waals surface area contributed by atoms with Gasteiger partial charge in [0.05, 0.1) is 11.1 Å². The fourth-order valence-corrected chi connectivity index (χ4v) is 5.25. The molecule has 7 heteroatoms. The molecule has 2 aromatic rings. The molecule has 2 aliphatic rings. The quantitative estimate of drug-likeness (QED) is 0.546. The van der Waals surface area contributed by atoms with Gasteiger partial charge in [-0.05, 0) is 51.4 Å². The van der Waals surface area contributed by atoms with Crippen molar-refractivity contribution >= 4 is 29.8 Å². The van der Waals surface area contributed by atoms with Gasteiger partial charge < -0.3 is 17.6 Å². The van der Waals surface area contributed by atoms with E-state index >= 15 is 8.63 Å². The minimum Gasteiger partial charge on any atom is -0.393 e. The molecule has 2 aliphatic heterocycles. The molecule has 0 unspecified atom stereocenters. The molecule has 0 N–H and O–H groups in total. The molecule has 0 aliphatic carbocycles. The van der Waals surface area contributed by atoms with Gasteiger partial charge in [0.1, 0.15) is 5.71 Å². The lowest BCUT2D eigenvalue weighted by Gasteiger charge is -2.34. The second-order valence-electron chi connectivity index (χ2n) is 8.05. The summed E-state index contributed by atoms with van der Waals surface area (Å²) in [4.78, 5) is 24.7. The first-order valence-electron chi connectivity index (χ1n) is 9.92. The van der Waals surface area contributed by atoms with Gasteiger partial charge in [0.25, 0.3) is 0 Å². The Morgan fingerprint density at radius 2 is 1.57 bits per heavy atom. The van der Waals surface area contributed by atoms with E-state index in [1.54, 1.807) is 27.7 Å². The molecule has 0 fully saturated rings. The van der Waals surface area contributed by atoms with Crippen molar-refractivity contribution in [3.63, 3.8) is 0 Å². The van der Waals surface area contributed by atoms with E-state index in [1.807, 2.05) is 30.3 Å². The van der Waals surface area contributed by atoms with E-state index in [4.69, 9.17) is 0 Å². The number of carbonyl (C=O) groups excluding carboxylic acids is 2. The van der Waals surface area contributed by atoms with Gasteiger partial charge in [-0.2, -0.15) is 0 Å². The van der Waals surface area contributed by atoms with Gasteiger partial charge in [-0.3, -0.25) is 9.59 Å². The summed E-state index contributed by atoms with van der Waals surface area (Å²) in [6.07, 6.45) is 0. The molecule has 4 rings (SSSR count). The highest BCUT2D eigenvalue weighted by Crippen LogP contribution is 2.46. The van der Waals surface area contributed by atoms with Gasteiger partial charge >= 0.3 is 6.97 Å². The number of carbonyl (C=O) groups is 2. The van der Waals surface area contributed by atoms with Gasteiger partial charge in [-0.25, -0.2) is 0 Å². The Hall–Kier alpha value is -3.09. The van der Waals surface area contributed by atoms with Gasteiger partial charge in [-0.15, -0.1) is 0 Å². The topological polar surface area (TPSA) is 42.1 Å². The van der Waals surface area contributed by atoms with Crippen LogP contribution in [0.4, 0.5) is 8.63 Å². The summed E-state index contributed by atoms with van der Waals surface area (Å²) in [7, 11) is 0. The van der Waals surface area contributed by atoms with Crippen LogP contribution in [0.15, 0.2) is 47.2 Å². The number of aromatic nitrogens is 1. The molecule has 0 saturated heterocycles. The minimum atomic E-state index is -4.29. The Morgan fingerprint density at radius 3 is 2.10 bits per heavy atom. The number of benzene rings is 1. The van der Waals surface area contributed by atoms with E-state index in [2.05, 4.69) is 0 Å². The Labute approximate surface area is 174 Å². The smallest absolute Gasteiger partial charge is 0.393 e. The Balaban J connectivity index is 2.27. The number of hydrogen-bond acceptors (Lipinski definition) is 2. The summed E-state index contributed by atoms with van der Waals surface area (Å²) in [6, 6.07) is 9.30.